The van der Waals surface area contributed by atoms with Gasteiger partial charge in [0.05, 0.1) is 11.1 Å². The molecule has 0 bridgehead atoms. The number of nitrogens with two attached hydrogens (primary N) is 1. The van der Waals surface area contributed by atoms with Crippen molar-refractivity contribution in [2.75, 3.05) is 0 Å². The second kappa shape index (κ2) is 9.62. The molecule has 0 saturated heterocycles. The fourth-order valence-corrected chi connectivity index (χ4v) is 4.58. The van der Waals surface area contributed by atoms with Crippen LogP contribution in [0.4, 0.5) is 0 Å². The Bertz CT molecular complexity index is 1150. The summed E-state index contributed by atoms with van der Waals surface area (Å²) in [7, 11) is -3.76. The SMILES string of the molecule is NS(=O)(=O)c1ccc(-c2cn(C(Cc3ccccc3)C(=O)NC3CCCCC3)nn2)cc1. The van der Waals surface area contributed by atoms with Crippen molar-refractivity contribution in [2.24, 2.45) is 5.14 Å². The quantitative estimate of drug-likeness (QED) is 0.570. The Morgan fingerprint density at radius 2 is 1.75 bits per heavy atom. The average molecular weight is 454 g/mol. The lowest BCUT2D eigenvalue weighted by Gasteiger charge is -2.25. The van der Waals surface area contributed by atoms with Gasteiger partial charge in [-0.15, -0.1) is 5.10 Å². The molecule has 1 heterocycles. The summed E-state index contributed by atoms with van der Waals surface area (Å²) in [6.45, 7) is 0. The standard InChI is InChI=1S/C23H27N5O3S/c24-32(30,31)20-13-11-18(12-14-20)21-16-28(27-26-21)22(15-17-7-3-1-4-8-17)23(29)25-19-9-5-2-6-10-19/h1,3-4,7-8,11-14,16,19,22H,2,5-6,9-10,15H2,(H,25,29)(H2,24,30,31). The van der Waals surface area contributed by atoms with Crippen molar-refractivity contribution in [3.8, 4) is 11.3 Å². The topological polar surface area (TPSA) is 120 Å². The minimum Gasteiger partial charge on any atom is -0.352 e. The third-order valence-corrected chi connectivity index (χ3v) is 6.76. The lowest BCUT2D eigenvalue weighted by atomic mass is 9.95. The van der Waals surface area contributed by atoms with Crippen LogP contribution in [-0.2, 0) is 21.2 Å². The first-order valence-electron chi connectivity index (χ1n) is 10.8. The van der Waals surface area contributed by atoms with E-state index in [2.05, 4.69) is 15.6 Å². The molecular formula is C23H27N5O3S. The number of carbonyl (C=O) groups is 1. The van der Waals surface area contributed by atoms with Crippen molar-refractivity contribution in [1.29, 1.82) is 0 Å². The van der Waals surface area contributed by atoms with Gasteiger partial charge in [0.15, 0.2) is 0 Å². The van der Waals surface area contributed by atoms with E-state index < -0.39 is 16.1 Å². The number of rotatable bonds is 7. The molecule has 32 heavy (non-hydrogen) atoms. The minimum absolute atomic E-state index is 0.0301. The predicted molar refractivity (Wildman–Crippen MR) is 121 cm³/mol. The number of primary sulfonamides is 1. The van der Waals surface area contributed by atoms with E-state index in [4.69, 9.17) is 5.14 Å². The van der Waals surface area contributed by atoms with Crippen LogP contribution in [0.1, 0.15) is 43.7 Å². The number of aromatic nitrogens is 3. The van der Waals surface area contributed by atoms with E-state index in [0.717, 1.165) is 31.2 Å². The molecule has 1 saturated carbocycles. The number of amides is 1. The van der Waals surface area contributed by atoms with E-state index in [9.17, 15) is 13.2 Å². The molecule has 1 amide bonds. The van der Waals surface area contributed by atoms with Gasteiger partial charge in [0.2, 0.25) is 15.9 Å². The molecular weight excluding hydrogens is 426 g/mol. The Balaban J connectivity index is 1.58. The zero-order valence-electron chi connectivity index (χ0n) is 17.7. The van der Waals surface area contributed by atoms with Crippen LogP contribution in [0.15, 0.2) is 65.7 Å². The molecule has 8 nitrogen and oxygen atoms in total. The van der Waals surface area contributed by atoms with Crippen molar-refractivity contribution in [3.05, 3.63) is 66.4 Å². The van der Waals surface area contributed by atoms with Crippen LogP contribution in [0.5, 0.6) is 0 Å². The monoisotopic (exact) mass is 453 g/mol. The van der Waals surface area contributed by atoms with Crippen molar-refractivity contribution in [1.82, 2.24) is 20.3 Å². The number of hydrogen-bond acceptors (Lipinski definition) is 5. The largest absolute Gasteiger partial charge is 0.352 e. The number of nitrogens with zero attached hydrogens (tertiary/aromatic N) is 3. The van der Waals surface area contributed by atoms with Crippen LogP contribution in [0.3, 0.4) is 0 Å². The van der Waals surface area contributed by atoms with Gasteiger partial charge in [0, 0.05) is 18.0 Å². The molecule has 168 valence electrons. The summed E-state index contributed by atoms with van der Waals surface area (Å²) in [6.07, 6.45) is 7.71. The lowest BCUT2D eigenvalue weighted by molar-refractivity contribution is -0.125. The van der Waals surface area contributed by atoms with Crippen LogP contribution in [0, 0.1) is 0 Å². The summed E-state index contributed by atoms with van der Waals surface area (Å²) in [5.74, 6) is -0.0678. The van der Waals surface area contributed by atoms with E-state index in [0.29, 0.717) is 17.7 Å². The molecule has 1 atom stereocenters. The van der Waals surface area contributed by atoms with Gasteiger partial charge in [0.1, 0.15) is 11.7 Å². The molecule has 3 aromatic rings. The summed E-state index contributed by atoms with van der Waals surface area (Å²) in [5.41, 5.74) is 2.27. The highest BCUT2D eigenvalue weighted by Gasteiger charge is 2.26. The normalized spacial score (nSPS) is 15.9. The molecule has 2 aromatic carbocycles. The van der Waals surface area contributed by atoms with Crippen LogP contribution in [0.25, 0.3) is 11.3 Å². The number of benzene rings is 2. The molecule has 0 radical (unpaired) electrons. The fraction of sp³-hybridized carbons (Fsp3) is 0.348. The molecule has 1 aromatic heterocycles. The molecule has 9 heteroatoms. The predicted octanol–water partition coefficient (Wildman–Crippen LogP) is 2.83. The summed E-state index contributed by atoms with van der Waals surface area (Å²) < 4.78 is 24.6. The first kappa shape index (κ1) is 22.2. The summed E-state index contributed by atoms with van der Waals surface area (Å²) >= 11 is 0. The Morgan fingerprint density at radius 1 is 1.06 bits per heavy atom. The van der Waals surface area contributed by atoms with Gasteiger partial charge in [-0.05, 0) is 30.5 Å². The van der Waals surface area contributed by atoms with Crippen LogP contribution < -0.4 is 10.5 Å². The highest BCUT2D eigenvalue weighted by atomic mass is 32.2. The van der Waals surface area contributed by atoms with Gasteiger partial charge in [-0.25, -0.2) is 18.2 Å². The maximum absolute atomic E-state index is 13.2. The molecule has 1 unspecified atom stereocenters. The molecule has 0 spiro atoms. The Hall–Kier alpha value is -3.04. The highest BCUT2D eigenvalue weighted by molar-refractivity contribution is 7.89. The summed E-state index contributed by atoms with van der Waals surface area (Å²) in [6, 6.07) is 15.6. The molecule has 1 fully saturated rings. The van der Waals surface area contributed by atoms with Gasteiger partial charge in [-0.3, -0.25) is 4.79 Å². The van der Waals surface area contributed by atoms with E-state index >= 15 is 0 Å². The lowest BCUT2D eigenvalue weighted by Crippen LogP contribution is -2.41. The van der Waals surface area contributed by atoms with Gasteiger partial charge in [-0.1, -0.05) is 66.9 Å². The smallest absolute Gasteiger partial charge is 0.245 e. The van der Waals surface area contributed by atoms with Crippen LogP contribution >= 0.6 is 0 Å². The van der Waals surface area contributed by atoms with Gasteiger partial charge < -0.3 is 5.32 Å². The van der Waals surface area contributed by atoms with E-state index in [1.807, 2.05) is 30.3 Å². The van der Waals surface area contributed by atoms with E-state index in [-0.39, 0.29) is 16.8 Å². The second-order valence-electron chi connectivity index (χ2n) is 8.20. The van der Waals surface area contributed by atoms with Crippen LogP contribution in [0.2, 0.25) is 0 Å². The maximum Gasteiger partial charge on any atom is 0.245 e. The number of hydrogen-bond donors (Lipinski definition) is 2. The summed E-state index contributed by atoms with van der Waals surface area (Å²) in [4.78, 5) is 13.3. The minimum atomic E-state index is -3.76. The van der Waals surface area contributed by atoms with Crippen LogP contribution in [-0.4, -0.2) is 35.4 Å². The van der Waals surface area contributed by atoms with Crippen molar-refractivity contribution >= 4 is 15.9 Å². The van der Waals surface area contributed by atoms with Crippen molar-refractivity contribution in [3.63, 3.8) is 0 Å². The Morgan fingerprint density at radius 3 is 2.41 bits per heavy atom. The second-order valence-corrected chi connectivity index (χ2v) is 9.76. The highest BCUT2D eigenvalue weighted by Crippen LogP contribution is 2.23. The number of sulfonamides is 1. The third kappa shape index (κ3) is 5.41. The summed E-state index contributed by atoms with van der Waals surface area (Å²) in [5, 5.41) is 16.8. The molecule has 0 aliphatic heterocycles. The first-order valence-corrected chi connectivity index (χ1v) is 12.3. The van der Waals surface area contributed by atoms with Gasteiger partial charge in [-0.2, -0.15) is 0 Å². The average Bonchev–Trinajstić information content (AvgIpc) is 3.28. The maximum atomic E-state index is 13.2. The van der Waals surface area contributed by atoms with Gasteiger partial charge >= 0.3 is 0 Å². The Labute approximate surface area is 187 Å². The first-order chi connectivity index (χ1) is 15.4. The number of nitrogens with one attached hydrogen (secondary N) is 1. The van der Waals surface area contributed by atoms with Crippen molar-refractivity contribution < 1.29 is 13.2 Å². The van der Waals surface area contributed by atoms with Gasteiger partial charge in [0.25, 0.3) is 0 Å². The molecule has 3 N–H and O–H groups in total. The zero-order chi connectivity index (χ0) is 22.6. The molecule has 4 rings (SSSR count). The molecule has 1 aliphatic rings. The zero-order valence-corrected chi connectivity index (χ0v) is 18.5. The van der Waals surface area contributed by atoms with Crippen molar-refractivity contribution in [2.45, 2.75) is 55.5 Å². The Kier molecular flexibility index (Phi) is 6.66. The third-order valence-electron chi connectivity index (χ3n) is 5.83. The van der Waals surface area contributed by atoms with E-state index in [1.54, 1.807) is 23.0 Å². The number of carbonyl (C=O) groups excluding carboxylic acids is 1. The molecule has 1 aliphatic carbocycles. The fourth-order valence-electron chi connectivity index (χ4n) is 4.06. The van der Waals surface area contributed by atoms with E-state index in [1.165, 1.54) is 18.6 Å².